The molecule has 0 spiro atoms. The first-order valence-corrected chi connectivity index (χ1v) is 15.2. The van der Waals surface area contributed by atoms with Gasteiger partial charge in [0.15, 0.2) is 0 Å². The number of sulfonamides is 2. The highest BCUT2D eigenvalue weighted by Crippen LogP contribution is 2.37. The van der Waals surface area contributed by atoms with Gasteiger partial charge >= 0.3 is 0 Å². The van der Waals surface area contributed by atoms with E-state index < -0.39 is 36.7 Å². The molecular formula is C24H27FN4O6S2. The number of nitriles is 1. The highest BCUT2D eigenvalue weighted by Gasteiger charge is 2.29. The molecule has 1 fully saturated rings. The van der Waals surface area contributed by atoms with Crippen molar-refractivity contribution in [3.8, 4) is 11.8 Å². The van der Waals surface area contributed by atoms with Gasteiger partial charge in [-0.15, -0.1) is 0 Å². The summed E-state index contributed by atoms with van der Waals surface area (Å²) in [6.07, 6.45) is 5.76. The summed E-state index contributed by atoms with van der Waals surface area (Å²) in [7, 11) is -8.32. The van der Waals surface area contributed by atoms with Crippen molar-refractivity contribution < 1.29 is 30.8 Å². The minimum atomic E-state index is -4.43. The van der Waals surface area contributed by atoms with Gasteiger partial charge in [-0.25, -0.2) is 25.9 Å². The number of nitrogens with zero attached hydrogens (tertiary/aromatic N) is 2. The lowest BCUT2D eigenvalue weighted by atomic mass is 9.96. The van der Waals surface area contributed by atoms with E-state index in [0.29, 0.717) is 18.7 Å². The predicted octanol–water partition coefficient (Wildman–Crippen LogP) is 3.11. The Hall–Kier alpha value is -3.37. The fourth-order valence-electron chi connectivity index (χ4n) is 4.66. The van der Waals surface area contributed by atoms with Gasteiger partial charge in [-0.05, 0) is 62.8 Å². The number of carbonyl (C=O) groups is 1. The van der Waals surface area contributed by atoms with Crippen molar-refractivity contribution in [1.29, 1.82) is 5.26 Å². The average Bonchev–Trinajstić information content (AvgIpc) is 2.84. The molecule has 0 unspecified atom stereocenters. The van der Waals surface area contributed by atoms with Crippen molar-refractivity contribution in [3.63, 3.8) is 0 Å². The van der Waals surface area contributed by atoms with Gasteiger partial charge in [-0.2, -0.15) is 5.26 Å². The molecule has 1 amide bonds. The summed E-state index contributed by atoms with van der Waals surface area (Å²) in [6.45, 7) is 0.831. The summed E-state index contributed by atoms with van der Waals surface area (Å²) < 4.78 is 75.0. The van der Waals surface area contributed by atoms with Crippen molar-refractivity contribution in [2.45, 2.75) is 49.5 Å². The number of hydrogen-bond donors (Lipinski definition) is 2. The van der Waals surface area contributed by atoms with Crippen LogP contribution in [0.3, 0.4) is 0 Å². The lowest BCUT2D eigenvalue weighted by molar-refractivity contribution is 0.0981. The molecule has 13 heteroatoms. The third kappa shape index (κ3) is 6.14. The second kappa shape index (κ2) is 10.5. The Morgan fingerprint density at radius 1 is 1.19 bits per heavy atom. The van der Waals surface area contributed by atoms with Gasteiger partial charge in [-0.3, -0.25) is 9.52 Å². The molecule has 37 heavy (non-hydrogen) atoms. The molecule has 2 heterocycles. The third-order valence-corrected chi connectivity index (χ3v) is 8.29. The van der Waals surface area contributed by atoms with Crippen LogP contribution in [-0.4, -0.2) is 48.2 Å². The topological polar surface area (TPSA) is 146 Å². The molecule has 0 aromatic heterocycles. The number of halogens is 1. The van der Waals surface area contributed by atoms with Gasteiger partial charge < -0.3 is 9.64 Å². The zero-order valence-corrected chi connectivity index (χ0v) is 21.8. The summed E-state index contributed by atoms with van der Waals surface area (Å²) in [5.74, 6) is -1.78. The Morgan fingerprint density at radius 3 is 2.62 bits per heavy atom. The normalized spacial score (nSPS) is 19.6. The number of benzene rings is 2. The van der Waals surface area contributed by atoms with E-state index in [1.165, 1.54) is 18.2 Å². The largest absolute Gasteiger partial charge is 0.492 e. The van der Waals surface area contributed by atoms with E-state index in [9.17, 15) is 31.3 Å². The first-order chi connectivity index (χ1) is 17.5. The van der Waals surface area contributed by atoms with Crippen molar-refractivity contribution in [2.75, 3.05) is 29.0 Å². The van der Waals surface area contributed by atoms with Crippen LogP contribution in [0.4, 0.5) is 15.8 Å². The zero-order chi connectivity index (χ0) is 26.8. The quantitative estimate of drug-likeness (QED) is 0.580. The predicted molar refractivity (Wildman–Crippen MR) is 135 cm³/mol. The molecule has 2 aromatic carbocycles. The number of piperidine rings is 1. The van der Waals surface area contributed by atoms with Crippen LogP contribution >= 0.6 is 0 Å². The molecule has 0 aliphatic carbocycles. The molecule has 1 saturated heterocycles. The first-order valence-electron chi connectivity index (χ1n) is 11.8. The molecule has 0 radical (unpaired) electrons. The highest BCUT2D eigenvalue weighted by molar-refractivity contribution is 7.92. The zero-order valence-electron chi connectivity index (χ0n) is 20.2. The highest BCUT2D eigenvalue weighted by atomic mass is 32.2. The van der Waals surface area contributed by atoms with Crippen molar-refractivity contribution in [2.24, 2.45) is 0 Å². The number of ether oxygens (including phenoxy) is 1. The smallest absolute Gasteiger partial charge is 0.265 e. The summed E-state index contributed by atoms with van der Waals surface area (Å²) >= 11 is 0. The Bertz CT molecular complexity index is 1470. The van der Waals surface area contributed by atoms with E-state index in [1.807, 2.05) is 9.62 Å². The maximum atomic E-state index is 14.7. The van der Waals surface area contributed by atoms with Gasteiger partial charge in [0.2, 0.25) is 10.0 Å². The van der Waals surface area contributed by atoms with Crippen LogP contribution in [0, 0.1) is 17.1 Å². The van der Waals surface area contributed by atoms with Crippen LogP contribution in [-0.2, 0) is 20.0 Å². The molecule has 1 atom stereocenters. The maximum absolute atomic E-state index is 14.7. The first kappa shape index (κ1) is 26.7. The van der Waals surface area contributed by atoms with Crippen molar-refractivity contribution >= 4 is 37.3 Å². The Kier molecular flexibility index (Phi) is 7.61. The van der Waals surface area contributed by atoms with Gasteiger partial charge in [0, 0.05) is 24.2 Å². The number of rotatable bonds is 2. The Labute approximate surface area is 215 Å². The summed E-state index contributed by atoms with van der Waals surface area (Å²) in [4.78, 5) is 14.0. The average molecular weight is 551 g/mol. The van der Waals surface area contributed by atoms with Crippen LogP contribution in [0.25, 0.3) is 0 Å². The second-order valence-electron chi connectivity index (χ2n) is 9.12. The lowest BCUT2D eigenvalue weighted by Crippen LogP contribution is -2.40. The summed E-state index contributed by atoms with van der Waals surface area (Å²) in [6, 6.07) is 7.74. The van der Waals surface area contributed by atoms with E-state index >= 15 is 0 Å². The van der Waals surface area contributed by atoms with E-state index in [2.05, 4.69) is 4.72 Å². The third-order valence-electron chi connectivity index (χ3n) is 6.35. The molecule has 4 rings (SSSR count). The number of amides is 1. The van der Waals surface area contributed by atoms with Crippen LogP contribution < -0.4 is 19.1 Å². The summed E-state index contributed by atoms with van der Waals surface area (Å²) in [5, 5.41) is 9.38. The standard InChI is InChI=1S/C24H27FN4O6S2/c1-36(31,32)28-24(30)16-8-9-22-23(13-16)37(33,34)27-20-12-17(15-26)19(25)14-21(20)29-10-4-2-6-18(29)7-3-5-11-35-22/h8-9,12-14,18,27H,2-7,10-11H2,1H3,(H,28,30)/t18-/m0/s1. The Morgan fingerprint density at radius 2 is 1.92 bits per heavy atom. The fourth-order valence-corrected chi connectivity index (χ4v) is 6.35. The number of hydrogen-bond acceptors (Lipinski definition) is 8. The van der Waals surface area contributed by atoms with E-state index in [4.69, 9.17) is 4.74 Å². The SMILES string of the molecule is CS(=O)(=O)NC(=O)c1ccc2c(c1)S(=O)(=O)Nc1cc(C#N)c(F)cc1N1CCCC[C@H]1CCCCO2. The number of anilines is 2. The fraction of sp³-hybridized carbons (Fsp3) is 0.417. The van der Waals surface area contributed by atoms with Gasteiger partial charge in [0.1, 0.15) is 22.5 Å². The molecule has 10 nitrogen and oxygen atoms in total. The van der Waals surface area contributed by atoms with E-state index in [1.54, 1.807) is 6.07 Å². The van der Waals surface area contributed by atoms with Crippen LogP contribution in [0.5, 0.6) is 5.75 Å². The minimum absolute atomic E-state index is 0.0236. The lowest BCUT2D eigenvalue weighted by Gasteiger charge is -2.39. The van der Waals surface area contributed by atoms with Crippen LogP contribution in [0.2, 0.25) is 0 Å². The minimum Gasteiger partial charge on any atom is -0.492 e. The van der Waals surface area contributed by atoms with Crippen LogP contribution in [0.1, 0.15) is 54.4 Å². The second-order valence-corrected chi connectivity index (χ2v) is 12.5. The number of nitrogens with one attached hydrogen (secondary N) is 2. The Balaban J connectivity index is 1.85. The van der Waals surface area contributed by atoms with E-state index in [-0.39, 0.29) is 35.2 Å². The number of fused-ring (bicyclic) bond motifs is 4. The molecule has 2 aromatic rings. The van der Waals surface area contributed by atoms with Crippen molar-refractivity contribution in [3.05, 3.63) is 47.3 Å². The molecule has 2 aliphatic rings. The maximum Gasteiger partial charge on any atom is 0.265 e. The van der Waals surface area contributed by atoms with Gasteiger partial charge in [-0.1, -0.05) is 0 Å². The van der Waals surface area contributed by atoms with Crippen molar-refractivity contribution in [1.82, 2.24) is 4.72 Å². The monoisotopic (exact) mass is 550 g/mol. The number of carbonyl (C=O) groups excluding carboxylic acids is 1. The molecule has 2 N–H and O–H groups in total. The van der Waals surface area contributed by atoms with Gasteiger partial charge in [0.05, 0.1) is 29.8 Å². The van der Waals surface area contributed by atoms with E-state index in [0.717, 1.165) is 50.5 Å². The molecule has 198 valence electrons. The van der Waals surface area contributed by atoms with Crippen LogP contribution in [0.15, 0.2) is 35.2 Å². The summed E-state index contributed by atoms with van der Waals surface area (Å²) in [5.41, 5.74) is -0.175. The molecular weight excluding hydrogens is 523 g/mol. The molecule has 0 bridgehead atoms. The molecule has 2 aliphatic heterocycles. The molecule has 0 saturated carbocycles. The van der Waals surface area contributed by atoms with Gasteiger partial charge in [0.25, 0.3) is 15.9 Å².